The summed E-state index contributed by atoms with van der Waals surface area (Å²) in [6.07, 6.45) is -15.6. The lowest BCUT2D eigenvalue weighted by molar-refractivity contribution is -0.139. The molecule has 3 aliphatic heterocycles. The summed E-state index contributed by atoms with van der Waals surface area (Å²) in [7, 11) is 0. The number of halogens is 12. The van der Waals surface area contributed by atoms with E-state index in [1.165, 1.54) is 18.2 Å². The number of hydrogen-bond donors (Lipinski definition) is 0. The van der Waals surface area contributed by atoms with E-state index in [9.17, 15) is 68.5 Å². The molecule has 0 fully saturated rings. The molecule has 0 aliphatic carbocycles. The summed E-state index contributed by atoms with van der Waals surface area (Å²) in [6, 6.07) is 6.39. The molecular weight excluding hydrogens is 792 g/mol. The molecular formula is C33H6F12N12. The van der Waals surface area contributed by atoms with Crippen LogP contribution in [0.4, 0.5) is 52.7 Å². The van der Waals surface area contributed by atoms with E-state index in [-0.39, 0.29) is 18.2 Å². The van der Waals surface area contributed by atoms with Gasteiger partial charge in [-0.15, -0.1) is 0 Å². The highest BCUT2D eigenvalue weighted by atomic mass is 19.4. The predicted molar refractivity (Wildman–Crippen MR) is 159 cm³/mol. The second kappa shape index (κ2) is 13.0. The van der Waals surface area contributed by atoms with Crippen molar-refractivity contribution in [2.75, 3.05) is 0 Å². The number of nitriles is 3. The lowest BCUT2D eigenvalue weighted by atomic mass is 10.2. The van der Waals surface area contributed by atoms with E-state index in [0.29, 0.717) is 18.2 Å². The van der Waals surface area contributed by atoms with Gasteiger partial charge in [-0.3, -0.25) is 0 Å². The Morgan fingerprint density at radius 1 is 0.404 bits per heavy atom. The van der Waals surface area contributed by atoms with Gasteiger partial charge in [-0.25, -0.2) is 58.1 Å². The van der Waals surface area contributed by atoms with Crippen LogP contribution in [-0.2, 0) is 18.5 Å². The number of rotatable bonds is 3. The van der Waals surface area contributed by atoms with E-state index >= 15 is 0 Å². The van der Waals surface area contributed by atoms with Gasteiger partial charge in [0, 0.05) is 18.2 Å². The molecule has 0 radical (unpaired) electrons. The van der Waals surface area contributed by atoms with Gasteiger partial charge in [0.1, 0.15) is 68.5 Å². The second-order valence-electron chi connectivity index (χ2n) is 11.4. The summed E-state index contributed by atoms with van der Waals surface area (Å²) in [5.41, 5.74) is -7.71. The van der Waals surface area contributed by atoms with Crippen molar-refractivity contribution < 1.29 is 52.7 Å². The third kappa shape index (κ3) is 6.71. The van der Waals surface area contributed by atoms with Gasteiger partial charge in [0.25, 0.3) is 0 Å². The monoisotopic (exact) mass is 798 g/mol. The van der Waals surface area contributed by atoms with Crippen molar-refractivity contribution in [1.82, 2.24) is 15.0 Å². The van der Waals surface area contributed by atoms with Crippen molar-refractivity contribution in [2.24, 2.45) is 30.0 Å². The highest BCUT2D eigenvalue weighted by molar-refractivity contribution is 5.82. The quantitative estimate of drug-likeness (QED) is 0.224. The van der Waals surface area contributed by atoms with Gasteiger partial charge >= 0.3 is 18.5 Å². The Kier molecular flexibility index (Phi) is 8.56. The number of benzene rings is 3. The van der Waals surface area contributed by atoms with Gasteiger partial charge in [0.2, 0.25) is 0 Å². The Balaban J connectivity index is 1.54. The van der Waals surface area contributed by atoms with Gasteiger partial charge in [0.15, 0.2) is 34.9 Å². The van der Waals surface area contributed by atoms with Crippen molar-refractivity contribution >= 4 is 16.7 Å². The van der Waals surface area contributed by atoms with Gasteiger partial charge in [-0.2, -0.15) is 55.3 Å². The molecule has 0 amide bonds. The zero-order chi connectivity index (χ0) is 41.4. The van der Waals surface area contributed by atoms with Crippen molar-refractivity contribution in [3.8, 4) is 18.2 Å². The average molecular weight is 798 g/mol. The molecule has 57 heavy (non-hydrogen) atoms. The van der Waals surface area contributed by atoms with Crippen molar-refractivity contribution in [3.63, 3.8) is 0 Å². The number of allylic oxidation sites excluding steroid dienone is 3. The number of aromatic nitrogens is 3. The van der Waals surface area contributed by atoms with Crippen LogP contribution in [0, 0.1) is 51.4 Å². The lowest BCUT2D eigenvalue weighted by Gasteiger charge is -2.07. The number of alkyl halides is 9. The van der Waals surface area contributed by atoms with Crippen molar-refractivity contribution in [2.45, 2.75) is 18.5 Å². The van der Waals surface area contributed by atoms with E-state index in [4.69, 9.17) is 0 Å². The van der Waals surface area contributed by atoms with E-state index in [1.54, 1.807) is 0 Å². The number of nitrogens with zero attached hydrogens (tertiary/aromatic N) is 12. The van der Waals surface area contributed by atoms with Crippen LogP contribution in [0.1, 0.15) is 34.2 Å². The Labute approximate surface area is 304 Å². The zero-order valence-electron chi connectivity index (χ0n) is 26.9. The normalized spacial score (nSPS) is 13.9. The highest BCUT2D eigenvalue weighted by Crippen LogP contribution is 2.31. The van der Waals surface area contributed by atoms with Crippen LogP contribution in [0.2, 0.25) is 0 Å². The molecule has 3 aliphatic rings. The summed E-state index contributed by atoms with van der Waals surface area (Å²) in [6.45, 7) is 0. The summed E-state index contributed by atoms with van der Waals surface area (Å²) < 4.78 is 167. The van der Waals surface area contributed by atoms with E-state index in [1.807, 2.05) is 0 Å². The molecule has 0 saturated heterocycles. The molecule has 24 heteroatoms. The molecule has 0 atom stereocenters. The first-order valence-corrected chi connectivity index (χ1v) is 14.9. The summed E-state index contributed by atoms with van der Waals surface area (Å²) in [5, 5.41) is 25.5. The Hall–Kier alpha value is -7.68. The van der Waals surface area contributed by atoms with Gasteiger partial charge in [0.05, 0.1) is 32.8 Å². The molecule has 12 nitrogen and oxygen atoms in total. The minimum absolute atomic E-state index is 0.0914. The minimum Gasteiger partial charge on any atom is -0.225 e. The highest BCUT2D eigenvalue weighted by Gasteiger charge is 2.37. The Bertz CT molecular complexity index is 2810. The molecule has 0 bridgehead atoms. The van der Waals surface area contributed by atoms with Crippen LogP contribution in [0.15, 0.2) is 83.8 Å². The maximum absolute atomic E-state index is 14.2. The lowest BCUT2D eigenvalue weighted by Crippen LogP contribution is -2.31. The molecule has 0 unspecified atom stereocenters. The first-order valence-electron chi connectivity index (χ1n) is 14.9. The minimum atomic E-state index is -5.19. The third-order valence-electron chi connectivity index (χ3n) is 7.72. The van der Waals surface area contributed by atoms with E-state index < -0.39 is 136 Å². The van der Waals surface area contributed by atoms with Gasteiger partial charge in [-0.1, -0.05) is 0 Å². The fraction of sp³-hybridized carbons (Fsp3) is 0.0909. The number of hydrogen-bond acceptors (Lipinski definition) is 12. The molecule has 0 saturated carbocycles. The average Bonchev–Trinajstić information content (AvgIpc) is 3.83. The Morgan fingerprint density at radius 2 is 0.649 bits per heavy atom. The zero-order valence-corrected chi connectivity index (χ0v) is 26.9. The third-order valence-corrected chi connectivity index (χ3v) is 7.72. The maximum Gasteiger partial charge on any atom is 0.418 e. The molecule has 4 aromatic rings. The molecule has 0 N–H and O–H groups in total. The van der Waals surface area contributed by atoms with Crippen LogP contribution in [0.5, 0.6) is 0 Å². The van der Waals surface area contributed by atoms with Crippen LogP contribution < -0.4 is 32.1 Å². The van der Waals surface area contributed by atoms with Crippen LogP contribution in [0.25, 0.3) is 16.7 Å². The molecule has 0 spiro atoms. The SMILES string of the molecule is N#CC(=C1N=c2cc(F)cc(C(F)(F)F)c2=N1)c1nc(C(C#N)=C2N=c3cc(F)cc(C(F)(F)F)c3=N2)nc(C(C#N)=C2N=c3cc(F)cc(C(F)(F)F)c3=N2)n1. The largest absolute Gasteiger partial charge is 0.418 e. The number of fused-ring (bicyclic) bond motifs is 3. The first kappa shape index (κ1) is 37.6. The summed E-state index contributed by atoms with van der Waals surface area (Å²) >= 11 is 0. The van der Waals surface area contributed by atoms with Crippen LogP contribution in [0.3, 0.4) is 0 Å². The van der Waals surface area contributed by atoms with Crippen LogP contribution >= 0.6 is 0 Å². The Morgan fingerprint density at radius 3 is 0.860 bits per heavy atom. The van der Waals surface area contributed by atoms with Crippen molar-refractivity contribution in [1.29, 1.82) is 15.8 Å². The topological polar surface area (TPSA) is 184 Å². The first-order chi connectivity index (χ1) is 26.7. The maximum atomic E-state index is 14.2. The standard InChI is InChI=1S/C33H6F12N12/c34-10-1-16(31(37,38)39)22-19(4-10)49-25(52-22)13(7-46)28-55-29(14(8-47)26-50-20-5-11(35)2-17(23(20)53-26)32(40,41)42)57-30(56-28)15(9-48)27-51-21-6-12(36)3-18(24(21)54-27)33(43,44)45/h1-6H. The molecule has 3 aromatic carbocycles. The summed E-state index contributed by atoms with van der Waals surface area (Å²) in [5.74, 6) is -9.87. The smallest absolute Gasteiger partial charge is 0.225 e. The van der Waals surface area contributed by atoms with Crippen LogP contribution in [-0.4, -0.2) is 15.0 Å². The molecule has 282 valence electrons. The van der Waals surface area contributed by atoms with Gasteiger partial charge < -0.3 is 0 Å². The predicted octanol–water partition coefficient (Wildman–Crippen LogP) is 3.78. The molecule has 4 heterocycles. The van der Waals surface area contributed by atoms with Crippen molar-refractivity contribution in [3.05, 3.63) is 138 Å². The second-order valence-corrected chi connectivity index (χ2v) is 11.4. The van der Waals surface area contributed by atoms with E-state index in [0.717, 1.165) is 0 Å². The fourth-order valence-corrected chi connectivity index (χ4v) is 5.39. The van der Waals surface area contributed by atoms with E-state index in [2.05, 4.69) is 44.9 Å². The molecule has 1 aromatic heterocycles. The molecule has 7 rings (SSSR count). The summed E-state index contributed by atoms with van der Waals surface area (Å²) in [4.78, 5) is 34.0. The van der Waals surface area contributed by atoms with Gasteiger partial charge in [-0.05, 0) is 18.2 Å². The fourth-order valence-electron chi connectivity index (χ4n) is 5.39.